The molecule has 0 amide bonds. The molecular weight excluding hydrogens is 254 g/mol. The highest BCUT2D eigenvalue weighted by Crippen LogP contribution is 2.38. The van der Waals surface area contributed by atoms with Gasteiger partial charge in [-0.05, 0) is 40.8 Å². The maximum Gasteiger partial charge on any atom is 0.140 e. The van der Waals surface area contributed by atoms with E-state index >= 15 is 0 Å². The summed E-state index contributed by atoms with van der Waals surface area (Å²) in [4.78, 5) is 4.30. The maximum atomic E-state index is 5.77. The van der Waals surface area contributed by atoms with Crippen molar-refractivity contribution in [2.45, 2.75) is 32.7 Å². The summed E-state index contributed by atoms with van der Waals surface area (Å²) in [6.07, 6.45) is 4.21. The molecule has 1 aliphatic carbocycles. The Bertz CT molecular complexity index is 378. The van der Waals surface area contributed by atoms with Crippen LogP contribution in [0.3, 0.4) is 0 Å². The summed E-state index contributed by atoms with van der Waals surface area (Å²) >= 11 is 3.52. The molecule has 1 heterocycles. The molecule has 1 fully saturated rings. The van der Waals surface area contributed by atoms with Crippen LogP contribution in [0.15, 0.2) is 10.7 Å². The van der Waals surface area contributed by atoms with Crippen molar-refractivity contribution in [3.8, 4) is 0 Å². The molecule has 0 aromatic carbocycles. The average Bonchev–Trinajstić information content (AvgIpc) is 2.98. The molecule has 0 bridgehead atoms. The lowest BCUT2D eigenvalue weighted by Crippen LogP contribution is -2.08. The molecule has 4 heteroatoms. The number of aromatic nitrogens is 1. The van der Waals surface area contributed by atoms with Crippen molar-refractivity contribution in [3.63, 3.8) is 0 Å². The topological polar surface area (TPSA) is 50.9 Å². The summed E-state index contributed by atoms with van der Waals surface area (Å²) in [6, 6.07) is 0.599. The predicted octanol–water partition coefficient (Wildman–Crippen LogP) is 2.95. The molecule has 15 heavy (non-hydrogen) atoms. The fraction of sp³-hybridized carbons (Fsp3) is 0.545. The third-order valence-electron chi connectivity index (χ3n) is 3.07. The monoisotopic (exact) mass is 269 g/mol. The third-order valence-corrected chi connectivity index (χ3v) is 4.04. The largest absolute Gasteiger partial charge is 0.397 e. The van der Waals surface area contributed by atoms with Crippen molar-refractivity contribution < 1.29 is 0 Å². The average molecular weight is 270 g/mol. The first-order valence-electron chi connectivity index (χ1n) is 5.30. The first kappa shape index (κ1) is 10.7. The quantitative estimate of drug-likeness (QED) is 0.887. The standard InChI is InChI=1S/C11H16BrN3/c1-3-7-4-9(7)15-11-10(12)6(2)8(13)5-14-11/h5,7,9H,3-4,13H2,1-2H3,(H,14,15). The van der Waals surface area contributed by atoms with E-state index in [2.05, 4.69) is 33.2 Å². The number of hydrogen-bond acceptors (Lipinski definition) is 3. The highest BCUT2D eigenvalue weighted by Gasteiger charge is 2.35. The molecule has 0 aliphatic heterocycles. The lowest BCUT2D eigenvalue weighted by molar-refractivity contribution is 0.773. The summed E-state index contributed by atoms with van der Waals surface area (Å²) in [5, 5.41) is 3.44. The van der Waals surface area contributed by atoms with Gasteiger partial charge in [0.15, 0.2) is 0 Å². The molecule has 82 valence electrons. The van der Waals surface area contributed by atoms with Crippen LogP contribution in [0.4, 0.5) is 11.5 Å². The second-order valence-corrected chi connectivity index (χ2v) is 4.95. The molecule has 1 saturated carbocycles. The van der Waals surface area contributed by atoms with Crippen molar-refractivity contribution in [2.75, 3.05) is 11.1 Å². The van der Waals surface area contributed by atoms with Crippen LogP contribution in [0.2, 0.25) is 0 Å². The van der Waals surface area contributed by atoms with Gasteiger partial charge in [-0.3, -0.25) is 0 Å². The zero-order valence-corrected chi connectivity index (χ0v) is 10.6. The van der Waals surface area contributed by atoms with Gasteiger partial charge in [-0.25, -0.2) is 4.98 Å². The molecule has 3 N–H and O–H groups in total. The van der Waals surface area contributed by atoms with Gasteiger partial charge in [-0.1, -0.05) is 13.3 Å². The first-order chi connectivity index (χ1) is 7.13. The molecule has 0 saturated heterocycles. The van der Waals surface area contributed by atoms with E-state index in [-0.39, 0.29) is 0 Å². The van der Waals surface area contributed by atoms with E-state index in [9.17, 15) is 0 Å². The third kappa shape index (κ3) is 2.09. The number of nitrogens with zero attached hydrogens (tertiary/aromatic N) is 1. The molecule has 3 nitrogen and oxygen atoms in total. The van der Waals surface area contributed by atoms with Gasteiger partial charge in [0.05, 0.1) is 16.4 Å². The van der Waals surface area contributed by atoms with Crippen LogP contribution in [0.25, 0.3) is 0 Å². The fourth-order valence-electron chi connectivity index (χ4n) is 1.74. The van der Waals surface area contributed by atoms with Crippen LogP contribution in [0, 0.1) is 12.8 Å². The molecule has 0 radical (unpaired) electrons. The van der Waals surface area contributed by atoms with Crippen molar-refractivity contribution >= 4 is 27.4 Å². The Labute approximate surface area is 98.6 Å². The van der Waals surface area contributed by atoms with Gasteiger partial charge in [-0.15, -0.1) is 0 Å². The molecule has 0 spiro atoms. The van der Waals surface area contributed by atoms with Crippen LogP contribution in [0.5, 0.6) is 0 Å². The minimum Gasteiger partial charge on any atom is -0.397 e. The number of hydrogen-bond donors (Lipinski definition) is 2. The summed E-state index contributed by atoms with van der Waals surface area (Å²) in [6.45, 7) is 4.22. The highest BCUT2D eigenvalue weighted by atomic mass is 79.9. The Kier molecular flexibility index (Phi) is 2.87. The molecule has 1 aromatic heterocycles. The van der Waals surface area contributed by atoms with Crippen LogP contribution < -0.4 is 11.1 Å². The Balaban J connectivity index is 2.13. The maximum absolute atomic E-state index is 5.77. The van der Waals surface area contributed by atoms with Crippen molar-refractivity contribution in [2.24, 2.45) is 5.92 Å². The van der Waals surface area contributed by atoms with Gasteiger partial charge in [0.2, 0.25) is 0 Å². The van der Waals surface area contributed by atoms with Crippen molar-refractivity contribution in [3.05, 3.63) is 16.2 Å². The molecule has 2 rings (SSSR count). The van der Waals surface area contributed by atoms with Gasteiger partial charge in [0.1, 0.15) is 5.82 Å². The van der Waals surface area contributed by atoms with E-state index in [4.69, 9.17) is 5.73 Å². The smallest absolute Gasteiger partial charge is 0.140 e. The number of anilines is 2. The minimum absolute atomic E-state index is 0.599. The molecule has 2 unspecified atom stereocenters. The molecule has 1 aromatic rings. The number of nitrogens with two attached hydrogens (primary N) is 1. The SMILES string of the molecule is CCC1CC1Nc1ncc(N)c(C)c1Br. The van der Waals surface area contributed by atoms with E-state index in [1.54, 1.807) is 6.20 Å². The Hall–Kier alpha value is -0.770. The van der Waals surface area contributed by atoms with E-state index < -0.39 is 0 Å². The lowest BCUT2D eigenvalue weighted by Gasteiger charge is -2.10. The van der Waals surface area contributed by atoms with E-state index in [0.29, 0.717) is 6.04 Å². The number of nitrogens with one attached hydrogen (secondary N) is 1. The van der Waals surface area contributed by atoms with Gasteiger partial charge < -0.3 is 11.1 Å². The second-order valence-electron chi connectivity index (χ2n) is 4.16. The Morgan fingerprint density at radius 2 is 2.40 bits per heavy atom. The van der Waals surface area contributed by atoms with Crippen LogP contribution in [-0.4, -0.2) is 11.0 Å². The van der Waals surface area contributed by atoms with E-state index in [1.165, 1.54) is 12.8 Å². The zero-order valence-electron chi connectivity index (χ0n) is 9.05. The summed E-state index contributed by atoms with van der Waals surface area (Å²) in [5.74, 6) is 1.74. The predicted molar refractivity (Wildman–Crippen MR) is 66.9 cm³/mol. The lowest BCUT2D eigenvalue weighted by atomic mass is 10.2. The van der Waals surface area contributed by atoms with Crippen molar-refractivity contribution in [1.82, 2.24) is 4.98 Å². The van der Waals surface area contributed by atoms with Gasteiger partial charge in [0.25, 0.3) is 0 Å². The van der Waals surface area contributed by atoms with E-state index in [0.717, 1.165) is 27.5 Å². The molecular formula is C11H16BrN3. The first-order valence-corrected chi connectivity index (χ1v) is 6.09. The summed E-state index contributed by atoms with van der Waals surface area (Å²) < 4.78 is 0.990. The van der Waals surface area contributed by atoms with Crippen LogP contribution >= 0.6 is 15.9 Å². The van der Waals surface area contributed by atoms with Gasteiger partial charge in [0, 0.05) is 6.04 Å². The van der Waals surface area contributed by atoms with Crippen LogP contribution in [0.1, 0.15) is 25.3 Å². The van der Waals surface area contributed by atoms with Crippen molar-refractivity contribution in [1.29, 1.82) is 0 Å². The summed E-state index contributed by atoms with van der Waals surface area (Å²) in [7, 11) is 0. The minimum atomic E-state index is 0.599. The van der Waals surface area contributed by atoms with Crippen LogP contribution in [-0.2, 0) is 0 Å². The number of halogens is 1. The second kappa shape index (κ2) is 4.00. The van der Waals surface area contributed by atoms with E-state index in [1.807, 2.05) is 6.92 Å². The normalized spacial score (nSPS) is 23.9. The molecule has 1 aliphatic rings. The number of pyridine rings is 1. The Morgan fingerprint density at radius 1 is 1.67 bits per heavy atom. The fourth-order valence-corrected chi connectivity index (χ4v) is 2.19. The van der Waals surface area contributed by atoms with Gasteiger partial charge in [-0.2, -0.15) is 0 Å². The Morgan fingerprint density at radius 3 is 3.00 bits per heavy atom. The molecule has 2 atom stereocenters. The number of nitrogen functional groups attached to an aromatic ring is 1. The highest BCUT2D eigenvalue weighted by molar-refractivity contribution is 9.10. The zero-order chi connectivity index (χ0) is 11.0. The summed E-state index contributed by atoms with van der Waals surface area (Å²) in [5.41, 5.74) is 7.56. The van der Waals surface area contributed by atoms with Gasteiger partial charge >= 0.3 is 0 Å². The number of rotatable bonds is 3.